The van der Waals surface area contributed by atoms with Gasteiger partial charge >= 0.3 is 0 Å². The molecule has 1 saturated heterocycles. The maximum atomic E-state index is 9.65. The summed E-state index contributed by atoms with van der Waals surface area (Å²) >= 11 is 0. The number of nitrogens with zero attached hydrogens (tertiary/aromatic N) is 1. The highest BCUT2D eigenvalue weighted by atomic mass is 16.5. The Hall–Kier alpha value is -1.02. The first-order chi connectivity index (χ1) is 16.4. The molecule has 3 aliphatic rings. The number of likely N-dealkylation sites (N-methyl/N-ethyl adjacent to an activating group) is 1. The Morgan fingerprint density at radius 3 is 3.29 bits per heavy atom. The average Bonchev–Trinajstić information content (AvgIpc) is 2.73. The monoisotopic (exact) mass is 301 g/mol. The predicted molar refractivity (Wildman–Crippen MR) is 85.9 cm³/mol. The summed E-state index contributed by atoms with van der Waals surface area (Å²) in [5, 5.41) is 0. The Bertz CT molecular complexity index is 1180. The Labute approximate surface area is 151 Å². The first-order valence-corrected chi connectivity index (χ1v) is 6.84. The largest absolute Gasteiger partial charge is 0.497 e. The molecule has 2 fully saturated rings. The van der Waals surface area contributed by atoms with Crippen LogP contribution in [-0.4, -0.2) is 31.6 Å². The van der Waals surface area contributed by atoms with Crippen molar-refractivity contribution in [2.24, 2.45) is 11.8 Å². The molecule has 114 valence electrons. The molecule has 2 heteroatoms. The minimum Gasteiger partial charge on any atom is -0.497 e. The molecule has 0 radical (unpaired) electrons. The van der Waals surface area contributed by atoms with Crippen LogP contribution < -0.4 is 4.74 Å². The van der Waals surface area contributed by atoms with E-state index in [1.807, 2.05) is 0 Å². The summed E-state index contributed by atoms with van der Waals surface area (Å²) in [6.07, 6.45) is -13.9. The van der Waals surface area contributed by atoms with E-state index in [9.17, 15) is 1.37 Å². The highest BCUT2D eigenvalue weighted by Crippen LogP contribution is 2.56. The lowest BCUT2D eigenvalue weighted by atomic mass is 9.51. The first-order valence-electron chi connectivity index (χ1n) is 14.8. The van der Waals surface area contributed by atoms with Crippen LogP contribution >= 0.6 is 0 Å². The van der Waals surface area contributed by atoms with Crippen molar-refractivity contribution in [1.82, 2.24) is 4.90 Å². The van der Waals surface area contributed by atoms with E-state index in [-0.39, 0.29) is 0 Å². The zero-order chi connectivity index (χ0) is 28.7. The molecule has 2 aliphatic carbocycles. The predicted octanol–water partition coefficient (Wildman–Crippen LogP) is 3.63. The molecule has 1 aromatic rings. The van der Waals surface area contributed by atoms with Gasteiger partial charge in [-0.1, -0.05) is 13.0 Å². The standard InChI is InChI=1S/C19H27NO/c1-13-6-7-19-8-9-20(2)18(17(19)10-13)11-14-4-5-15(21-3)12-16(14)19/h4-5,12-13,17-18H,6-11H2,1-3H3/t13?,17-,18+,19-/m1/s1/i2D3,4D,5D,6D2,7D2,10D2,11D2,12D,13D,17D. The summed E-state index contributed by atoms with van der Waals surface area (Å²) in [7, 11) is 1.06. The molecule has 2 bridgehead atoms. The van der Waals surface area contributed by atoms with Gasteiger partial charge in [0.2, 0.25) is 0 Å². The van der Waals surface area contributed by atoms with Gasteiger partial charge in [0.1, 0.15) is 5.75 Å². The van der Waals surface area contributed by atoms with E-state index in [0.717, 1.165) is 14.0 Å². The van der Waals surface area contributed by atoms with Crippen molar-refractivity contribution < 1.29 is 26.7 Å². The zero-order valence-electron chi connectivity index (χ0n) is 27.8. The number of fused-ring (bicyclic) bond motifs is 1. The molecule has 1 heterocycles. The topological polar surface area (TPSA) is 12.5 Å². The van der Waals surface area contributed by atoms with Crippen molar-refractivity contribution in [2.75, 3.05) is 20.6 Å². The Balaban J connectivity index is 2.38. The van der Waals surface area contributed by atoms with Crippen LogP contribution in [0.2, 0.25) is 0 Å². The fraction of sp³-hybridized carbons (Fsp3) is 0.684. The summed E-state index contributed by atoms with van der Waals surface area (Å²) in [6.45, 7) is -2.96. The highest BCUT2D eigenvalue weighted by Gasteiger charge is 2.54. The summed E-state index contributed by atoms with van der Waals surface area (Å²) in [4.78, 5) is 0.545. The molecule has 4 atom stereocenters. The lowest BCUT2D eigenvalue weighted by Gasteiger charge is -2.59. The lowest BCUT2D eigenvalue weighted by molar-refractivity contribution is -0.0112. The summed E-state index contributed by atoms with van der Waals surface area (Å²) in [5.41, 5.74) is -4.20. The molecule has 1 aromatic carbocycles. The van der Waals surface area contributed by atoms with Crippen molar-refractivity contribution in [3.63, 3.8) is 0 Å². The maximum Gasteiger partial charge on any atom is 0.119 e. The molecule has 0 aromatic heterocycles. The van der Waals surface area contributed by atoms with Crippen molar-refractivity contribution in [1.29, 1.82) is 0 Å². The second-order valence-corrected chi connectivity index (χ2v) is 5.47. The number of rotatable bonds is 1. The van der Waals surface area contributed by atoms with Crippen molar-refractivity contribution in [3.8, 4) is 5.75 Å². The molecular weight excluding hydrogens is 258 g/mol. The number of hydrogen-bond acceptors (Lipinski definition) is 2. The van der Waals surface area contributed by atoms with Gasteiger partial charge in [-0.15, -0.1) is 0 Å². The zero-order valence-corrected chi connectivity index (χ0v) is 11.8. The van der Waals surface area contributed by atoms with Crippen LogP contribution in [-0.2, 0) is 11.8 Å². The fourth-order valence-electron chi connectivity index (χ4n) is 3.21. The Morgan fingerprint density at radius 2 is 2.48 bits per heavy atom. The molecule has 2 nitrogen and oxygen atoms in total. The van der Waals surface area contributed by atoms with Crippen LogP contribution in [0.25, 0.3) is 0 Å². The van der Waals surface area contributed by atoms with Crippen molar-refractivity contribution >= 4 is 0 Å². The van der Waals surface area contributed by atoms with E-state index in [2.05, 4.69) is 0 Å². The molecule has 4 rings (SSSR count). The van der Waals surface area contributed by atoms with Gasteiger partial charge in [-0.3, -0.25) is 0 Å². The Kier molecular flexibility index (Phi) is 1.07. The minimum absolute atomic E-state index is 0.545. The molecule has 1 unspecified atom stereocenters. The number of ether oxygens (including phenoxy) is 1. The third kappa shape index (κ3) is 1.88. The van der Waals surface area contributed by atoms with Gasteiger partial charge < -0.3 is 9.64 Å². The van der Waals surface area contributed by atoms with Gasteiger partial charge in [0, 0.05) is 29.3 Å². The number of piperidine rings is 1. The van der Waals surface area contributed by atoms with Gasteiger partial charge in [0.05, 0.1) is 11.2 Å². The summed E-state index contributed by atoms with van der Waals surface area (Å²) in [6, 6.07) is -4.74. The molecule has 0 amide bonds. The second-order valence-electron chi connectivity index (χ2n) is 5.47. The van der Waals surface area contributed by atoms with E-state index in [0.29, 0.717) is 4.90 Å². The number of methoxy groups -OCH3 is 1. The van der Waals surface area contributed by atoms with Gasteiger partial charge in [-0.25, -0.2) is 0 Å². The Morgan fingerprint density at radius 1 is 1.57 bits per heavy atom. The minimum atomic E-state index is -3.39. The van der Waals surface area contributed by atoms with E-state index in [1.54, 1.807) is 0 Å². The summed E-state index contributed by atoms with van der Waals surface area (Å²) in [5.74, 6) is -6.78. The van der Waals surface area contributed by atoms with E-state index in [1.165, 1.54) is 0 Å². The fourth-order valence-corrected chi connectivity index (χ4v) is 3.21. The average molecular weight is 302 g/mol. The molecule has 21 heavy (non-hydrogen) atoms. The van der Waals surface area contributed by atoms with Crippen LogP contribution in [0.3, 0.4) is 0 Å². The van der Waals surface area contributed by atoms with E-state index in [4.69, 9.17) is 25.3 Å². The summed E-state index contributed by atoms with van der Waals surface area (Å²) < 4.78 is 145. The van der Waals surface area contributed by atoms with Gasteiger partial charge in [-0.05, 0) is 80.4 Å². The highest BCUT2D eigenvalue weighted by molar-refractivity contribution is 5.45. The molecule has 1 saturated carbocycles. The number of likely N-dealkylation sites (tertiary alicyclic amines) is 1. The van der Waals surface area contributed by atoms with Crippen LogP contribution in [0.4, 0.5) is 0 Å². The van der Waals surface area contributed by atoms with Crippen molar-refractivity contribution in [2.45, 2.75) is 50.3 Å². The normalized spacial score (nSPS) is 66.9. The second kappa shape index (κ2) is 4.74. The number of hydrogen-bond donors (Lipinski definition) is 0. The molecular formula is C19H27NO. The maximum absolute atomic E-state index is 9.65. The van der Waals surface area contributed by atoms with Gasteiger partial charge in [0.25, 0.3) is 0 Å². The third-order valence-electron chi connectivity index (χ3n) is 4.26. The van der Waals surface area contributed by atoms with Crippen LogP contribution in [0, 0.1) is 11.8 Å². The van der Waals surface area contributed by atoms with Gasteiger partial charge in [-0.2, -0.15) is 0 Å². The first kappa shape index (κ1) is 4.74. The SMILES string of the molecule is [2H]c1c([2H])c2c(c([2H])c1OC)[C@@]13CCN(C([2H])([2H])[2H])[C@@H](C2([2H])[2H])[C@@]1([2H])C([2H])([2H])C([2H])(C)C([2H])([2H])C3([2H])[2H]. The lowest BCUT2D eigenvalue weighted by Crippen LogP contribution is -2.60. The quantitative estimate of drug-likeness (QED) is 0.785. The van der Waals surface area contributed by atoms with Crippen LogP contribution in [0.5, 0.6) is 5.75 Å². The van der Waals surface area contributed by atoms with Crippen LogP contribution in [0.1, 0.15) is 65.5 Å². The smallest absolute Gasteiger partial charge is 0.119 e. The number of benzene rings is 1. The molecule has 0 spiro atoms. The van der Waals surface area contributed by atoms with E-state index < -0.39 is 104 Å². The molecule has 1 aliphatic heterocycles. The van der Waals surface area contributed by atoms with Gasteiger partial charge in [0.15, 0.2) is 0 Å². The third-order valence-corrected chi connectivity index (χ3v) is 4.26. The molecule has 0 N–H and O–H groups in total. The van der Waals surface area contributed by atoms with Crippen LogP contribution in [0.15, 0.2) is 18.1 Å². The van der Waals surface area contributed by atoms with Crippen molar-refractivity contribution in [3.05, 3.63) is 29.3 Å². The van der Waals surface area contributed by atoms with E-state index >= 15 is 0 Å².